The fourth-order valence-corrected chi connectivity index (χ4v) is 2.44. The van der Waals surface area contributed by atoms with Crippen molar-refractivity contribution in [1.29, 1.82) is 0 Å². The first-order valence-corrected chi connectivity index (χ1v) is 8.57. The predicted octanol–water partition coefficient (Wildman–Crippen LogP) is 6.50. The molecule has 0 heterocycles. The molecule has 3 heteroatoms. The number of para-hydroxylation sites is 1. The predicted molar refractivity (Wildman–Crippen MR) is 103 cm³/mol. The SMILES string of the molecule is CC(C)(C)C(=O)c1ccc(Oc2ccc(Oc3ccccc3)cc2)cc1. The summed E-state index contributed by atoms with van der Waals surface area (Å²) in [6.45, 7) is 5.75. The van der Waals surface area contributed by atoms with Crippen molar-refractivity contribution in [1.82, 2.24) is 0 Å². The van der Waals surface area contributed by atoms with Gasteiger partial charge in [-0.05, 0) is 60.7 Å². The number of rotatable bonds is 5. The van der Waals surface area contributed by atoms with E-state index in [9.17, 15) is 4.79 Å². The summed E-state index contributed by atoms with van der Waals surface area (Å²) in [5, 5.41) is 0. The van der Waals surface area contributed by atoms with Crippen molar-refractivity contribution >= 4 is 5.78 Å². The van der Waals surface area contributed by atoms with E-state index in [-0.39, 0.29) is 5.78 Å². The van der Waals surface area contributed by atoms with Crippen LogP contribution in [0.15, 0.2) is 78.9 Å². The quantitative estimate of drug-likeness (QED) is 0.495. The van der Waals surface area contributed by atoms with Gasteiger partial charge in [0.2, 0.25) is 0 Å². The van der Waals surface area contributed by atoms with Crippen LogP contribution in [0.1, 0.15) is 31.1 Å². The van der Waals surface area contributed by atoms with Crippen molar-refractivity contribution < 1.29 is 14.3 Å². The van der Waals surface area contributed by atoms with Crippen LogP contribution in [0, 0.1) is 5.41 Å². The van der Waals surface area contributed by atoms with Gasteiger partial charge in [0.25, 0.3) is 0 Å². The van der Waals surface area contributed by atoms with E-state index in [1.807, 2.05) is 87.5 Å². The summed E-state index contributed by atoms with van der Waals surface area (Å²) in [5.74, 6) is 3.05. The molecule has 3 aromatic rings. The van der Waals surface area contributed by atoms with Gasteiger partial charge in [-0.15, -0.1) is 0 Å². The third-order valence-corrected chi connectivity index (χ3v) is 3.84. The van der Waals surface area contributed by atoms with Gasteiger partial charge in [0.05, 0.1) is 0 Å². The number of hydrogen-bond acceptors (Lipinski definition) is 3. The Morgan fingerprint density at radius 2 is 1.00 bits per heavy atom. The highest BCUT2D eigenvalue weighted by Crippen LogP contribution is 2.28. The molecule has 0 saturated carbocycles. The normalized spacial score (nSPS) is 11.0. The van der Waals surface area contributed by atoms with Gasteiger partial charge in [-0.3, -0.25) is 4.79 Å². The fraction of sp³-hybridized carbons (Fsp3) is 0.174. The van der Waals surface area contributed by atoms with Crippen molar-refractivity contribution in [3.8, 4) is 23.0 Å². The Balaban J connectivity index is 1.65. The van der Waals surface area contributed by atoms with Crippen LogP contribution in [0.4, 0.5) is 0 Å². The number of hydrogen-bond donors (Lipinski definition) is 0. The van der Waals surface area contributed by atoms with Gasteiger partial charge in [-0.25, -0.2) is 0 Å². The number of Topliss-reactive ketones (excluding diaryl/α,β-unsaturated/α-hetero) is 1. The number of carbonyl (C=O) groups is 1. The summed E-state index contributed by atoms with van der Waals surface area (Å²) in [6.07, 6.45) is 0. The maximum absolute atomic E-state index is 12.3. The zero-order valence-electron chi connectivity index (χ0n) is 15.2. The van der Waals surface area contributed by atoms with E-state index in [0.717, 1.165) is 11.5 Å². The highest BCUT2D eigenvalue weighted by atomic mass is 16.5. The Hall–Kier alpha value is -3.07. The summed E-state index contributed by atoms with van der Waals surface area (Å²) in [5.41, 5.74) is 0.299. The van der Waals surface area contributed by atoms with E-state index in [2.05, 4.69) is 0 Å². The van der Waals surface area contributed by atoms with Crippen LogP contribution in [0.2, 0.25) is 0 Å². The number of ketones is 1. The third-order valence-electron chi connectivity index (χ3n) is 3.84. The fourth-order valence-electron chi connectivity index (χ4n) is 2.44. The molecule has 0 bridgehead atoms. The minimum absolute atomic E-state index is 0.117. The molecule has 3 nitrogen and oxygen atoms in total. The van der Waals surface area contributed by atoms with Gasteiger partial charge >= 0.3 is 0 Å². The Labute approximate surface area is 154 Å². The summed E-state index contributed by atoms with van der Waals surface area (Å²) >= 11 is 0. The van der Waals surface area contributed by atoms with Gasteiger partial charge in [0, 0.05) is 11.0 Å². The lowest BCUT2D eigenvalue weighted by Gasteiger charge is -2.16. The average molecular weight is 346 g/mol. The molecule has 0 N–H and O–H groups in total. The molecule has 0 fully saturated rings. The Bertz CT molecular complexity index is 858. The topological polar surface area (TPSA) is 35.5 Å². The van der Waals surface area contributed by atoms with Crippen molar-refractivity contribution in [3.63, 3.8) is 0 Å². The molecule has 0 aliphatic rings. The van der Waals surface area contributed by atoms with Crippen molar-refractivity contribution in [2.24, 2.45) is 5.41 Å². The van der Waals surface area contributed by atoms with Gasteiger partial charge in [-0.2, -0.15) is 0 Å². The van der Waals surface area contributed by atoms with Crippen molar-refractivity contribution in [2.45, 2.75) is 20.8 Å². The van der Waals surface area contributed by atoms with Gasteiger partial charge in [0.15, 0.2) is 5.78 Å². The second-order valence-corrected chi connectivity index (χ2v) is 7.09. The van der Waals surface area contributed by atoms with Crippen LogP contribution in [0.3, 0.4) is 0 Å². The number of ether oxygens (including phenoxy) is 2. The molecule has 132 valence electrons. The van der Waals surface area contributed by atoms with E-state index in [1.165, 1.54) is 0 Å². The van der Waals surface area contributed by atoms with Crippen LogP contribution < -0.4 is 9.47 Å². The molecule has 3 rings (SSSR count). The molecule has 3 aromatic carbocycles. The smallest absolute Gasteiger partial charge is 0.168 e. The molecule has 0 aliphatic carbocycles. The van der Waals surface area contributed by atoms with E-state index in [0.29, 0.717) is 17.1 Å². The maximum Gasteiger partial charge on any atom is 0.168 e. The van der Waals surface area contributed by atoms with Gasteiger partial charge in [-0.1, -0.05) is 39.0 Å². The lowest BCUT2D eigenvalue weighted by Crippen LogP contribution is -2.19. The highest BCUT2D eigenvalue weighted by Gasteiger charge is 2.22. The average Bonchev–Trinajstić information content (AvgIpc) is 2.63. The molecule has 26 heavy (non-hydrogen) atoms. The molecular weight excluding hydrogens is 324 g/mol. The highest BCUT2D eigenvalue weighted by molar-refractivity contribution is 5.99. The van der Waals surface area contributed by atoms with Crippen molar-refractivity contribution in [2.75, 3.05) is 0 Å². The molecule has 0 amide bonds. The molecule has 0 saturated heterocycles. The molecule has 0 radical (unpaired) electrons. The monoisotopic (exact) mass is 346 g/mol. The lowest BCUT2D eigenvalue weighted by atomic mass is 9.86. The summed E-state index contributed by atoms with van der Waals surface area (Å²) in [7, 11) is 0. The summed E-state index contributed by atoms with van der Waals surface area (Å²) in [6, 6.07) is 24.3. The zero-order chi connectivity index (χ0) is 18.6. The van der Waals surface area contributed by atoms with Crippen LogP contribution in [0.25, 0.3) is 0 Å². The van der Waals surface area contributed by atoms with Gasteiger partial charge in [0.1, 0.15) is 23.0 Å². The van der Waals surface area contributed by atoms with Crippen molar-refractivity contribution in [3.05, 3.63) is 84.4 Å². The second-order valence-electron chi connectivity index (χ2n) is 7.09. The summed E-state index contributed by atoms with van der Waals surface area (Å²) < 4.78 is 11.6. The molecule has 0 aromatic heterocycles. The zero-order valence-corrected chi connectivity index (χ0v) is 15.2. The maximum atomic E-state index is 12.3. The Kier molecular flexibility index (Phi) is 5.08. The molecule has 0 spiro atoms. The Morgan fingerprint density at radius 3 is 1.42 bits per heavy atom. The van der Waals surface area contributed by atoms with E-state index in [4.69, 9.17) is 9.47 Å². The van der Waals surface area contributed by atoms with Gasteiger partial charge < -0.3 is 9.47 Å². The van der Waals surface area contributed by atoms with Crippen LogP contribution in [0.5, 0.6) is 23.0 Å². The molecular formula is C23H22O3. The number of benzene rings is 3. The van der Waals surface area contributed by atoms with E-state index in [1.54, 1.807) is 12.1 Å². The minimum Gasteiger partial charge on any atom is -0.457 e. The molecule has 0 unspecified atom stereocenters. The minimum atomic E-state index is -0.392. The lowest BCUT2D eigenvalue weighted by molar-refractivity contribution is 0.0858. The second kappa shape index (κ2) is 7.44. The van der Waals surface area contributed by atoms with E-state index >= 15 is 0 Å². The Morgan fingerprint density at radius 1 is 0.615 bits per heavy atom. The van der Waals surface area contributed by atoms with Crippen LogP contribution >= 0.6 is 0 Å². The summed E-state index contributed by atoms with van der Waals surface area (Å²) in [4.78, 5) is 12.3. The van der Waals surface area contributed by atoms with Crippen LogP contribution in [-0.4, -0.2) is 5.78 Å². The standard InChI is InChI=1S/C23H22O3/c1-23(2,3)22(24)17-9-11-19(12-10-17)26-21-15-13-20(14-16-21)25-18-7-5-4-6-8-18/h4-16H,1-3H3. The largest absolute Gasteiger partial charge is 0.457 e. The first-order chi connectivity index (χ1) is 12.4. The third kappa shape index (κ3) is 4.51. The molecule has 0 atom stereocenters. The van der Waals surface area contributed by atoms with E-state index < -0.39 is 5.41 Å². The molecule has 0 aliphatic heterocycles. The first kappa shape index (κ1) is 17.7. The van der Waals surface area contributed by atoms with Crippen LogP contribution in [-0.2, 0) is 0 Å². The number of carbonyl (C=O) groups excluding carboxylic acids is 1. The first-order valence-electron chi connectivity index (χ1n) is 8.57.